The summed E-state index contributed by atoms with van der Waals surface area (Å²) in [5.74, 6) is 1.93. The third-order valence-corrected chi connectivity index (χ3v) is 5.47. The molecule has 6 nitrogen and oxygen atoms in total. The first-order valence-corrected chi connectivity index (χ1v) is 10.7. The van der Waals surface area contributed by atoms with Crippen molar-refractivity contribution in [3.05, 3.63) is 0 Å². The van der Waals surface area contributed by atoms with E-state index in [1.165, 1.54) is 32.4 Å². The van der Waals surface area contributed by atoms with Crippen LogP contribution in [0.4, 0.5) is 0 Å². The summed E-state index contributed by atoms with van der Waals surface area (Å²) >= 11 is 0. The Labute approximate surface area is 159 Å². The summed E-state index contributed by atoms with van der Waals surface area (Å²) in [4.78, 5) is 21.4. The predicted octanol–water partition coefficient (Wildman–Crippen LogP) is 2.07. The van der Waals surface area contributed by atoms with Gasteiger partial charge < -0.3 is 20.4 Å². The summed E-state index contributed by atoms with van der Waals surface area (Å²) in [6.07, 6.45) is 7.68. The second-order valence-electron chi connectivity index (χ2n) is 7.59. The van der Waals surface area contributed by atoms with E-state index < -0.39 is 0 Å². The molecule has 0 aromatic heterocycles. The number of nitrogens with one attached hydrogen (secondary N) is 2. The Balaban J connectivity index is 1.70. The second-order valence-corrected chi connectivity index (χ2v) is 7.59. The van der Waals surface area contributed by atoms with Crippen LogP contribution in [-0.2, 0) is 4.79 Å². The third-order valence-electron chi connectivity index (χ3n) is 5.47. The van der Waals surface area contributed by atoms with Gasteiger partial charge >= 0.3 is 0 Å². The second kappa shape index (κ2) is 12.2. The summed E-state index contributed by atoms with van der Waals surface area (Å²) in [6.45, 7) is 12.3. The topological polar surface area (TPSA) is 60.0 Å². The molecule has 0 spiro atoms. The number of aliphatic imine (C=N–C) groups is 1. The zero-order chi connectivity index (χ0) is 18.6. The van der Waals surface area contributed by atoms with E-state index in [0.717, 1.165) is 70.9 Å². The molecule has 0 saturated carbocycles. The monoisotopic (exact) mass is 365 g/mol. The van der Waals surface area contributed by atoms with Gasteiger partial charge in [-0.1, -0.05) is 13.3 Å². The molecule has 26 heavy (non-hydrogen) atoms. The third kappa shape index (κ3) is 7.52. The molecule has 0 bridgehead atoms. The average Bonchev–Trinajstić information content (AvgIpc) is 2.87. The molecule has 150 valence electrons. The Morgan fingerprint density at radius 3 is 2.85 bits per heavy atom. The van der Waals surface area contributed by atoms with Gasteiger partial charge in [0.1, 0.15) is 0 Å². The van der Waals surface area contributed by atoms with Crippen molar-refractivity contribution in [3.63, 3.8) is 0 Å². The SMILES string of the molecule is CCNC(=NCC1CCCN(CC)C1)NCCCN1CCCCCC1=O. The molecule has 2 heterocycles. The first kappa shape index (κ1) is 21.0. The molecule has 1 unspecified atom stereocenters. The molecule has 0 radical (unpaired) electrons. The van der Waals surface area contributed by atoms with Crippen molar-refractivity contribution in [2.75, 3.05) is 52.4 Å². The smallest absolute Gasteiger partial charge is 0.222 e. The maximum Gasteiger partial charge on any atom is 0.222 e. The molecule has 2 N–H and O–H groups in total. The van der Waals surface area contributed by atoms with E-state index >= 15 is 0 Å². The molecule has 1 atom stereocenters. The first-order chi connectivity index (χ1) is 12.7. The van der Waals surface area contributed by atoms with Gasteiger partial charge in [0.25, 0.3) is 0 Å². The van der Waals surface area contributed by atoms with Crippen LogP contribution in [0.2, 0.25) is 0 Å². The van der Waals surface area contributed by atoms with Crippen molar-refractivity contribution in [1.82, 2.24) is 20.4 Å². The molecule has 2 rings (SSSR count). The van der Waals surface area contributed by atoms with Gasteiger partial charge in [-0.2, -0.15) is 0 Å². The highest BCUT2D eigenvalue weighted by Crippen LogP contribution is 2.16. The number of amides is 1. The normalized spacial score (nSPS) is 23.0. The van der Waals surface area contributed by atoms with E-state index in [9.17, 15) is 4.79 Å². The number of carbonyl (C=O) groups is 1. The lowest BCUT2D eigenvalue weighted by molar-refractivity contribution is -0.130. The molecule has 2 saturated heterocycles. The van der Waals surface area contributed by atoms with Gasteiger partial charge in [-0.15, -0.1) is 0 Å². The van der Waals surface area contributed by atoms with Crippen LogP contribution in [0.3, 0.4) is 0 Å². The Morgan fingerprint density at radius 1 is 1.15 bits per heavy atom. The lowest BCUT2D eigenvalue weighted by atomic mass is 9.98. The summed E-state index contributed by atoms with van der Waals surface area (Å²) < 4.78 is 0. The largest absolute Gasteiger partial charge is 0.357 e. The quantitative estimate of drug-likeness (QED) is 0.393. The van der Waals surface area contributed by atoms with Gasteiger partial charge in [-0.25, -0.2) is 0 Å². The van der Waals surface area contributed by atoms with Crippen molar-refractivity contribution < 1.29 is 4.79 Å². The summed E-state index contributed by atoms with van der Waals surface area (Å²) in [6, 6.07) is 0. The Bertz CT molecular complexity index is 440. The molecular formula is C20H39N5O. The highest BCUT2D eigenvalue weighted by Gasteiger charge is 2.18. The molecule has 0 aromatic rings. The van der Waals surface area contributed by atoms with Gasteiger partial charge in [0.2, 0.25) is 5.91 Å². The lowest BCUT2D eigenvalue weighted by Crippen LogP contribution is -2.41. The van der Waals surface area contributed by atoms with Crippen molar-refractivity contribution in [3.8, 4) is 0 Å². The molecule has 1 amide bonds. The number of piperidine rings is 1. The van der Waals surface area contributed by atoms with Crippen molar-refractivity contribution in [2.45, 2.75) is 58.8 Å². The number of likely N-dealkylation sites (tertiary alicyclic amines) is 2. The fraction of sp³-hybridized carbons (Fsp3) is 0.900. The van der Waals surface area contributed by atoms with Crippen molar-refractivity contribution in [1.29, 1.82) is 0 Å². The Morgan fingerprint density at radius 2 is 2.04 bits per heavy atom. The molecule has 2 aliphatic heterocycles. The summed E-state index contributed by atoms with van der Waals surface area (Å²) in [5.41, 5.74) is 0. The van der Waals surface area contributed by atoms with Crippen molar-refractivity contribution >= 4 is 11.9 Å². The highest BCUT2D eigenvalue weighted by atomic mass is 16.2. The van der Waals surface area contributed by atoms with Gasteiger partial charge in [0.05, 0.1) is 0 Å². The van der Waals surface area contributed by atoms with E-state index in [1.54, 1.807) is 0 Å². The van der Waals surface area contributed by atoms with E-state index in [1.807, 2.05) is 4.90 Å². The molecular weight excluding hydrogens is 326 g/mol. The number of nitrogens with zero attached hydrogens (tertiary/aromatic N) is 3. The highest BCUT2D eigenvalue weighted by molar-refractivity contribution is 5.79. The van der Waals surface area contributed by atoms with Gasteiger partial charge in [0.15, 0.2) is 5.96 Å². The average molecular weight is 366 g/mol. The van der Waals surface area contributed by atoms with Crippen LogP contribution >= 0.6 is 0 Å². The molecule has 2 fully saturated rings. The predicted molar refractivity (Wildman–Crippen MR) is 108 cm³/mol. The fourth-order valence-corrected chi connectivity index (χ4v) is 3.90. The lowest BCUT2D eigenvalue weighted by Gasteiger charge is -2.31. The molecule has 6 heteroatoms. The Kier molecular flexibility index (Phi) is 9.82. The summed E-state index contributed by atoms with van der Waals surface area (Å²) in [5, 5.41) is 6.79. The fourth-order valence-electron chi connectivity index (χ4n) is 3.90. The number of guanidine groups is 1. The summed E-state index contributed by atoms with van der Waals surface area (Å²) in [7, 11) is 0. The number of hydrogen-bond donors (Lipinski definition) is 2. The first-order valence-electron chi connectivity index (χ1n) is 10.7. The molecule has 2 aliphatic rings. The number of hydrogen-bond acceptors (Lipinski definition) is 3. The van der Waals surface area contributed by atoms with E-state index in [4.69, 9.17) is 4.99 Å². The molecule has 0 aromatic carbocycles. The zero-order valence-electron chi connectivity index (χ0n) is 16.9. The van der Waals surface area contributed by atoms with Gasteiger partial charge in [-0.05, 0) is 58.0 Å². The van der Waals surface area contributed by atoms with Crippen LogP contribution in [0.1, 0.15) is 58.8 Å². The van der Waals surface area contributed by atoms with E-state index in [0.29, 0.717) is 11.8 Å². The number of carbonyl (C=O) groups excluding carboxylic acids is 1. The van der Waals surface area contributed by atoms with Crippen LogP contribution in [0.5, 0.6) is 0 Å². The van der Waals surface area contributed by atoms with E-state index in [-0.39, 0.29) is 0 Å². The standard InChI is InChI=1S/C20H39N5O/c1-3-21-20(23-16-18-10-8-13-24(4-2)17-18)22-12-9-15-25-14-7-5-6-11-19(25)26/h18H,3-17H2,1-2H3,(H2,21,22,23). The van der Waals surface area contributed by atoms with Gasteiger partial charge in [-0.3, -0.25) is 9.79 Å². The maximum absolute atomic E-state index is 12.0. The van der Waals surface area contributed by atoms with Crippen LogP contribution in [0, 0.1) is 5.92 Å². The van der Waals surface area contributed by atoms with Crippen LogP contribution < -0.4 is 10.6 Å². The van der Waals surface area contributed by atoms with Crippen LogP contribution in [-0.4, -0.2) is 74.0 Å². The maximum atomic E-state index is 12.0. The van der Waals surface area contributed by atoms with Crippen molar-refractivity contribution in [2.24, 2.45) is 10.9 Å². The zero-order valence-corrected chi connectivity index (χ0v) is 16.9. The minimum atomic E-state index is 0.334. The van der Waals surface area contributed by atoms with E-state index in [2.05, 4.69) is 29.4 Å². The van der Waals surface area contributed by atoms with Gasteiger partial charge in [0, 0.05) is 45.7 Å². The van der Waals surface area contributed by atoms with Crippen LogP contribution in [0.15, 0.2) is 4.99 Å². The minimum Gasteiger partial charge on any atom is -0.357 e. The Hall–Kier alpha value is -1.30. The minimum absolute atomic E-state index is 0.334. The molecule has 0 aliphatic carbocycles. The van der Waals surface area contributed by atoms with Crippen LogP contribution in [0.25, 0.3) is 0 Å². The number of rotatable bonds is 8.